The van der Waals surface area contributed by atoms with Crippen molar-refractivity contribution in [2.24, 2.45) is 0 Å². The molecule has 1 amide bonds. The van der Waals surface area contributed by atoms with Crippen molar-refractivity contribution in [1.82, 2.24) is 24.8 Å². The number of carbonyl (C=O) groups is 1. The van der Waals surface area contributed by atoms with Gasteiger partial charge in [-0.2, -0.15) is 9.97 Å². The Hall–Kier alpha value is -4.36. The maximum Gasteiger partial charge on any atom is 0.410 e. The van der Waals surface area contributed by atoms with Gasteiger partial charge < -0.3 is 23.8 Å². The number of hydrogen-bond acceptors (Lipinski definition) is 10. The van der Waals surface area contributed by atoms with Crippen LogP contribution in [-0.4, -0.2) is 115 Å². The number of methoxy groups -OCH3 is 1. The van der Waals surface area contributed by atoms with Crippen molar-refractivity contribution >= 4 is 53.3 Å². The molecule has 2 bridgehead atoms. The number of nitrogens with zero attached hydrogens (tertiary/aromatic N) is 6. The molecular formula is C49H62ClF3N6O5Si. The normalized spacial score (nSPS) is 22.4. The number of pyridine rings is 1. The van der Waals surface area contributed by atoms with Crippen LogP contribution in [0, 0.1) is 23.1 Å². The van der Waals surface area contributed by atoms with E-state index in [4.69, 9.17) is 45.5 Å². The first-order chi connectivity index (χ1) is 30.8. The number of aromatic nitrogens is 3. The van der Waals surface area contributed by atoms with Crippen LogP contribution < -0.4 is 14.4 Å². The van der Waals surface area contributed by atoms with Gasteiger partial charge in [0, 0.05) is 44.1 Å². The van der Waals surface area contributed by atoms with Crippen LogP contribution >= 0.6 is 11.6 Å². The summed E-state index contributed by atoms with van der Waals surface area (Å²) >= 11 is 7.23. The summed E-state index contributed by atoms with van der Waals surface area (Å²) in [5.41, 5.74) is 3.30. The smallest absolute Gasteiger partial charge is 0.410 e. The first-order valence-electron chi connectivity index (χ1n) is 23.0. The van der Waals surface area contributed by atoms with Gasteiger partial charge in [0.05, 0.1) is 28.6 Å². The Morgan fingerprint density at radius 3 is 2.31 bits per heavy atom. The van der Waals surface area contributed by atoms with E-state index in [-0.39, 0.29) is 87.1 Å². The first kappa shape index (κ1) is 47.1. The van der Waals surface area contributed by atoms with Crippen molar-refractivity contribution in [2.45, 2.75) is 140 Å². The number of rotatable bonds is 11. The van der Waals surface area contributed by atoms with Gasteiger partial charge in [0.15, 0.2) is 12.6 Å². The zero-order valence-electron chi connectivity index (χ0n) is 39.3. The minimum atomic E-state index is -2.36. The van der Waals surface area contributed by atoms with Gasteiger partial charge in [0.2, 0.25) is 0 Å². The second-order valence-electron chi connectivity index (χ2n) is 20.3. The number of hydrogen-bond donors (Lipinski definition) is 0. The molecule has 2 unspecified atom stereocenters. The first-order valence-corrected chi connectivity index (χ1v) is 25.6. The Labute approximate surface area is 386 Å². The Morgan fingerprint density at radius 2 is 1.66 bits per heavy atom. The van der Waals surface area contributed by atoms with Gasteiger partial charge in [-0.05, 0) is 93.2 Å². The van der Waals surface area contributed by atoms with Gasteiger partial charge in [-0.3, -0.25) is 9.80 Å². The molecule has 0 spiro atoms. The lowest BCUT2D eigenvalue weighted by Crippen LogP contribution is -2.57. The molecule has 0 radical (unpaired) electrons. The molecule has 4 fully saturated rings. The van der Waals surface area contributed by atoms with Crippen molar-refractivity contribution < 1.29 is 36.9 Å². The third-order valence-corrected chi connectivity index (χ3v) is 20.8. The number of piperazine rings is 1. The topological polar surface area (TPSA) is 102 Å². The van der Waals surface area contributed by atoms with Gasteiger partial charge in [0.1, 0.15) is 60.2 Å². The number of alkyl halides is 1. The molecular weight excluding hydrogens is 873 g/mol. The molecule has 11 nitrogen and oxygen atoms in total. The van der Waals surface area contributed by atoms with Crippen LogP contribution in [0.4, 0.5) is 23.8 Å². The van der Waals surface area contributed by atoms with Crippen molar-refractivity contribution in [2.75, 3.05) is 51.6 Å². The van der Waals surface area contributed by atoms with Crippen LogP contribution in [0.1, 0.15) is 100.0 Å². The Kier molecular flexibility index (Phi) is 13.1. The van der Waals surface area contributed by atoms with Crippen LogP contribution in [0.2, 0.25) is 21.8 Å². The maximum absolute atomic E-state index is 18.0. The molecule has 350 valence electrons. The van der Waals surface area contributed by atoms with Crippen LogP contribution in [-0.2, 0) is 9.47 Å². The molecule has 4 aliphatic heterocycles. The molecule has 4 aromatic rings. The number of benzene rings is 2. The molecule has 0 aliphatic carbocycles. The number of anilines is 1. The lowest BCUT2D eigenvalue weighted by molar-refractivity contribution is 0.0122. The van der Waals surface area contributed by atoms with Gasteiger partial charge in [0.25, 0.3) is 0 Å². The zero-order valence-corrected chi connectivity index (χ0v) is 41.0. The van der Waals surface area contributed by atoms with Gasteiger partial charge in [-0.15, -0.1) is 5.54 Å². The average Bonchev–Trinajstić information content (AvgIpc) is 3.86. The predicted molar refractivity (Wildman–Crippen MR) is 251 cm³/mol. The fourth-order valence-corrected chi connectivity index (χ4v) is 16.9. The maximum atomic E-state index is 18.0. The van der Waals surface area contributed by atoms with E-state index < -0.39 is 37.0 Å². The van der Waals surface area contributed by atoms with E-state index in [1.54, 1.807) is 18.2 Å². The second-order valence-corrected chi connectivity index (χ2v) is 26.3. The standard InChI is InChI=1S/C49H62ClF3N6O5Si/c1-28(2)65(29(3)4,30(5)6)19-16-36-38(52)15-12-31-20-35(63-27-61-10)21-37(39(31)36)42-41(53)43-40(44(50)54-42)45(56-46(55-43)62-26-49-17-11-18-58(49)23-32(51)22-49)57-24-33-13-14-34(25-57)59(33)47(60)64-48(7,8)9/h12,15,20-21,28-30,32-34H,11,13-14,17-18,22-27H2,1-10H3/t32-,33?,34?,49+/m1/s1. The number of amides is 1. The highest BCUT2D eigenvalue weighted by molar-refractivity contribution is 6.90. The molecule has 2 aromatic carbocycles. The van der Waals surface area contributed by atoms with E-state index in [0.29, 0.717) is 48.4 Å². The molecule has 65 heavy (non-hydrogen) atoms. The van der Waals surface area contributed by atoms with Crippen molar-refractivity contribution in [3.63, 3.8) is 0 Å². The number of halogens is 4. The Morgan fingerprint density at radius 1 is 0.969 bits per heavy atom. The SMILES string of the molecule is COCOc1cc(-c2nc(Cl)c3c(N4CC5CCC(C4)N5C(=O)OC(C)(C)C)nc(OC[C@@]45CCCN4C[C@H](F)C5)nc3c2F)c2c(C#C[Si](C(C)C)(C(C)C)C(C)C)c(F)ccc2c1. The Balaban J connectivity index is 1.31. The molecule has 8 rings (SSSR count). The fourth-order valence-electron chi connectivity index (χ4n) is 11.4. The van der Waals surface area contributed by atoms with E-state index in [0.717, 1.165) is 32.2 Å². The number of carbonyl (C=O) groups excluding carboxylic acids is 1. The third-order valence-electron chi connectivity index (χ3n) is 14.2. The molecule has 0 N–H and O–H groups in total. The van der Waals surface area contributed by atoms with E-state index >= 15 is 8.78 Å². The van der Waals surface area contributed by atoms with E-state index in [9.17, 15) is 9.18 Å². The monoisotopic (exact) mass is 934 g/mol. The summed E-state index contributed by atoms with van der Waals surface area (Å²) < 4.78 is 72.7. The average molecular weight is 936 g/mol. The molecule has 4 atom stereocenters. The van der Waals surface area contributed by atoms with Gasteiger partial charge in [-0.1, -0.05) is 65.1 Å². The fraction of sp³-hybridized carbons (Fsp3) is 0.592. The summed E-state index contributed by atoms with van der Waals surface area (Å²) in [7, 11) is -0.860. The lowest BCUT2D eigenvalue weighted by Gasteiger charge is -2.42. The molecule has 2 aromatic heterocycles. The number of fused-ring (bicyclic) bond motifs is 5. The molecule has 0 saturated carbocycles. The summed E-state index contributed by atoms with van der Waals surface area (Å²) in [5, 5.41) is 0.991. The van der Waals surface area contributed by atoms with E-state index in [1.807, 2.05) is 30.6 Å². The minimum Gasteiger partial charge on any atom is -0.468 e. The summed E-state index contributed by atoms with van der Waals surface area (Å²) in [4.78, 5) is 33.8. The Bertz CT molecular complexity index is 2510. The summed E-state index contributed by atoms with van der Waals surface area (Å²) in [6.07, 6.45) is 2.11. The highest BCUT2D eigenvalue weighted by atomic mass is 35.5. The van der Waals surface area contributed by atoms with Gasteiger partial charge >= 0.3 is 12.1 Å². The summed E-state index contributed by atoms with van der Waals surface area (Å²) in [6, 6.07) is 5.82. The van der Waals surface area contributed by atoms with Crippen molar-refractivity contribution in [1.29, 1.82) is 0 Å². The zero-order chi connectivity index (χ0) is 46.7. The largest absolute Gasteiger partial charge is 0.468 e. The quantitative estimate of drug-likeness (QED) is 0.0625. The van der Waals surface area contributed by atoms with Gasteiger partial charge in [-0.25, -0.2) is 22.9 Å². The predicted octanol–water partition coefficient (Wildman–Crippen LogP) is 10.9. The van der Waals surface area contributed by atoms with Crippen LogP contribution in [0.5, 0.6) is 11.8 Å². The molecule has 4 aliphatic rings. The molecule has 4 saturated heterocycles. The summed E-state index contributed by atoms with van der Waals surface area (Å²) in [5.74, 6) is 2.58. The molecule has 6 heterocycles. The summed E-state index contributed by atoms with van der Waals surface area (Å²) in [6.45, 7) is 20.5. The highest BCUT2D eigenvalue weighted by Gasteiger charge is 2.50. The van der Waals surface area contributed by atoms with Crippen LogP contribution in [0.15, 0.2) is 24.3 Å². The van der Waals surface area contributed by atoms with Crippen LogP contribution in [0.25, 0.3) is 32.9 Å². The van der Waals surface area contributed by atoms with Crippen molar-refractivity contribution in [3.05, 3.63) is 46.6 Å². The van der Waals surface area contributed by atoms with E-state index in [1.165, 1.54) is 13.2 Å². The van der Waals surface area contributed by atoms with E-state index in [2.05, 4.69) is 57.9 Å². The number of ether oxygens (including phenoxy) is 4. The minimum absolute atomic E-state index is 0.0808. The van der Waals surface area contributed by atoms with Crippen molar-refractivity contribution in [3.8, 4) is 34.5 Å². The third kappa shape index (κ3) is 8.73. The second kappa shape index (κ2) is 18.0. The van der Waals surface area contributed by atoms with Crippen LogP contribution in [0.3, 0.4) is 0 Å². The lowest BCUT2D eigenvalue weighted by atomic mass is 9.95. The highest BCUT2D eigenvalue weighted by Crippen LogP contribution is 2.45. The molecule has 16 heteroatoms.